The van der Waals surface area contributed by atoms with Gasteiger partial charge < -0.3 is 0 Å². The van der Waals surface area contributed by atoms with E-state index in [-0.39, 0.29) is 5.56 Å². The topological polar surface area (TPSA) is 37.6 Å². The van der Waals surface area contributed by atoms with Crippen LogP contribution in [-0.4, -0.2) is 21.3 Å². The van der Waals surface area contributed by atoms with E-state index in [2.05, 4.69) is 9.88 Å². The minimum absolute atomic E-state index is 0.0451. The first kappa shape index (κ1) is 15.2. The van der Waals surface area contributed by atoms with Crippen LogP contribution in [0.1, 0.15) is 16.1 Å². The van der Waals surface area contributed by atoms with Gasteiger partial charge in [-0.05, 0) is 37.7 Å². The Hall–Kier alpha value is -1.69. The van der Waals surface area contributed by atoms with Crippen LogP contribution < -0.4 is 5.56 Å². The molecule has 3 rings (SSSR count). The van der Waals surface area contributed by atoms with E-state index in [1.54, 1.807) is 28.0 Å². The van der Waals surface area contributed by atoms with Gasteiger partial charge >= 0.3 is 0 Å². The van der Waals surface area contributed by atoms with Gasteiger partial charge in [-0.15, -0.1) is 11.3 Å². The molecule has 0 bridgehead atoms. The van der Waals surface area contributed by atoms with Crippen molar-refractivity contribution in [3.05, 3.63) is 67.4 Å². The molecule has 0 aromatic carbocycles. The van der Waals surface area contributed by atoms with Crippen molar-refractivity contribution in [3.63, 3.8) is 0 Å². The van der Waals surface area contributed by atoms with Crippen LogP contribution >= 0.6 is 22.9 Å². The molecule has 0 aliphatic heterocycles. The predicted molar refractivity (Wildman–Crippen MR) is 90.7 cm³/mol. The molecule has 114 valence electrons. The lowest BCUT2D eigenvalue weighted by atomic mass is 10.3. The van der Waals surface area contributed by atoms with Crippen molar-refractivity contribution in [1.29, 1.82) is 0 Å². The van der Waals surface area contributed by atoms with Crippen LogP contribution in [0, 0.1) is 6.92 Å². The largest absolute Gasteiger partial charge is 0.295 e. The number of thiophene rings is 1. The van der Waals surface area contributed by atoms with Crippen molar-refractivity contribution in [2.45, 2.75) is 20.0 Å². The van der Waals surface area contributed by atoms with Crippen LogP contribution in [0.2, 0.25) is 4.34 Å². The number of hydrogen-bond acceptors (Lipinski definition) is 4. The maximum Gasteiger partial charge on any atom is 0.258 e. The Morgan fingerprint density at radius 1 is 1.32 bits per heavy atom. The highest BCUT2D eigenvalue weighted by atomic mass is 35.5. The summed E-state index contributed by atoms with van der Waals surface area (Å²) in [6, 6.07) is 9.35. The molecule has 3 aromatic rings. The summed E-state index contributed by atoms with van der Waals surface area (Å²) in [5.74, 6) is 0. The number of hydrogen-bond donors (Lipinski definition) is 0. The van der Waals surface area contributed by atoms with Gasteiger partial charge in [-0.3, -0.25) is 14.1 Å². The van der Waals surface area contributed by atoms with E-state index in [4.69, 9.17) is 11.6 Å². The van der Waals surface area contributed by atoms with Crippen molar-refractivity contribution >= 4 is 28.6 Å². The number of rotatable bonds is 4. The molecule has 0 N–H and O–H groups in total. The number of halogens is 1. The second-order valence-corrected chi connectivity index (χ2v) is 7.15. The molecule has 0 unspecified atom stereocenters. The van der Waals surface area contributed by atoms with Crippen LogP contribution in [0.5, 0.6) is 0 Å². The zero-order valence-corrected chi connectivity index (χ0v) is 14.0. The summed E-state index contributed by atoms with van der Waals surface area (Å²) >= 11 is 7.52. The first-order valence-corrected chi connectivity index (χ1v) is 8.13. The zero-order valence-electron chi connectivity index (χ0n) is 12.4. The Balaban J connectivity index is 1.84. The van der Waals surface area contributed by atoms with Crippen molar-refractivity contribution < 1.29 is 0 Å². The molecule has 0 saturated carbocycles. The summed E-state index contributed by atoms with van der Waals surface area (Å²) in [5, 5.41) is 0. The van der Waals surface area contributed by atoms with Gasteiger partial charge in [-0.2, -0.15) is 0 Å². The molecule has 0 spiro atoms. The van der Waals surface area contributed by atoms with Crippen molar-refractivity contribution in [2.24, 2.45) is 0 Å². The molecule has 6 heteroatoms. The Morgan fingerprint density at radius 2 is 2.14 bits per heavy atom. The zero-order chi connectivity index (χ0) is 15.7. The molecule has 4 nitrogen and oxygen atoms in total. The number of aromatic nitrogens is 2. The highest BCUT2D eigenvalue weighted by molar-refractivity contribution is 7.16. The number of pyridine rings is 1. The highest BCUT2D eigenvalue weighted by Gasteiger charge is 2.08. The Labute approximate surface area is 137 Å². The van der Waals surface area contributed by atoms with Crippen LogP contribution in [-0.2, 0) is 13.1 Å². The minimum Gasteiger partial charge on any atom is -0.295 e. The summed E-state index contributed by atoms with van der Waals surface area (Å²) < 4.78 is 2.37. The monoisotopic (exact) mass is 333 g/mol. The van der Waals surface area contributed by atoms with E-state index in [1.165, 1.54) is 4.88 Å². The van der Waals surface area contributed by atoms with Gasteiger partial charge in [0.15, 0.2) is 0 Å². The summed E-state index contributed by atoms with van der Waals surface area (Å²) in [5.41, 5.74) is 2.45. The second-order valence-electron chi connectivity index (χ2n) is 5.35. The SMILES string of the molecule is Cc1cccn2c(=O)cc(CN(C)Cc3ccc(Cl)s3)nc12. The maximum absolute atomic E-state index is 12.2. The summed E-state index contributed by atoms with van der Waals surface area (Å²) in [6.07, 6.45) is 1.75. The number of fused-ring (bicyclic) bond motifs is 1. The van der Waals surface area contributed by atoms with Gasteiger partial charge in [0.2, 0.25) is 0 Å². The van der Waals surface area contributed by atoms with Gasteiger partial charge in [-0.25, -0.2) is 4.98 Å². The summed E-state index contributed by atoms with van der Waals surface area (Å²) in [6.45, 7) is 3.37. The van der Waals surface area contributed by atoms with Crippen molar-refractivity contribution in [1.82, 2.24) is 14.3 Å². The molecule has 22 heavy (non-hydrogen) atoms. The number of nitrogens with zero attached hydrogens (tertiary/aromatic N) is 3. The third-order valence-corrected chi connectivity index (χ3v) is 4.64. The maximum atomic E-state index is 12.2. The van der Waals surface area contributed by atoms with E-state index in [0.717, 1.165) is 27.8 Å². The van der Waals surface area contributed by atoms with Crippen LogP contribution in [0.4, 0.5) is 0 Å². The fourth-order valence-electron chi connectivity index (χ4n) is 2.43. The predicted octanol–water partition coefficient (Wildman–Crippen LogP) is 3.35. The third-order valence-electron chi connectivity index (χ3n) is 3.43. The van der Waals surface area contributed by atoms with Gasteiger partial charge in [-0.1, -0.05) is 17.7 Å². The molecule has 0 fully saturated rings. The van der Waals surface area contributed by atoms with E-state index in [9.17, 15) is 4.79 Å². The molecular weight excluding hydrogens is 318 g/mol. The van der Waals surface area contributed by atoms with Crippen molar-refractivity contribution in [3.8, 4) is 0 Å². The molecule has 0 amide bonds. The molecule has 3 heterocycles. The quantitative estimate of drug-likeness (QED) is 0.735. The molecule has 0 aliphatic carbocycles. The minimum atomic E-state index is -0.0451. The highest BCUT2D eigenvalue weighted by Crippen LogP contribution is 2.22. The van der Waals surface area contributed by atoms with E-state index < -0.39 is 0 Å². The van der Waals surface area contributed by atoms with Crippen LogP contribution in [0.25, 0.3) is 5.65 Å². The molecule has 0 saturated heterocycles. The van der Waals surface area contributed by atoms with E-state index in [1.807, 2.05) is 38.2 Å². The normalized spacial score (nSPS) is 11.5. The fourth-order valence-corrected chi connectivity index (χ4v) is 3.59. The smallest absolute Gasteiger partial charge is 0.258 e. The lowest BCUT2D eigenvalue weighted by Gasteiger charge is -2.15. The third kappa shape index (κ3) is 3.21. The average molecular weight is 334 g/mol. The fraction of sp³-hybridized carbons (Fsp3) is 0.250. The second kappa shape index (κ2) is 6.20. The first-order chi connectivity index (χ1) is 10.5. The van der Waals surface area contributed by atoms with Gasteiger partial charge in [0.1, 0.15) is 5.65 Å². The molecule has 0 radical (unpaired) electrons. The van der Waals surface area contributed by atoms with Gasteiger partial charge in [0.05, 0.1) is 10.0 Å². The summed E-state index contributed by atoms with van der Waals surface area (Å²) in [4.78, 5) is 20.1. The van der Waals surface area contributed by atoms with Gasteiger partial charge in [0, 0.05) is 30.2 Å². The van der Waals surface area contributed by atoms with E-state index >= 15 is 0 Å². The Bertz CT molecular complexity index is 871. The molecule has 0 aliphatic rings. The lowest BCUT2D eigenvalue weighted by Crippen LogP contribution is -2.21. The Morgan fingerprint density at radius 3 is 2.86 bits per heavy atom. The molecule has 3 aromatic heterocycles. The Kier molecular flexibility index (Phi) is 4.29. The average Bonchev–Trinajstić information content (AvgIpc) is 2.85. The standard InChI is InChI=1S/C16H16ClN3OS/c1-11-4-3-7-20-15(21)8-12(18-16(11)20)9-19(2)10-13-5-6-14(17)22-13/h3-8H,9-10H2,1-2H3. The lowest BCUT2D eigenvalue weighted by molar-refractivity contribution is 0.318. The van der Waals surface area contributed by atoms with Crippen LogP contribution in [0.3, 0.4) is 0 Å². The number of aryl methyl sites for hydroxylation is 1. The first-order valence-electron chi connectivity index (χ1n) is 6.93. The van der Waals surface area contributed by atoms with Crippen LogP contribution in [0.15, 0.2) is 41.3 Å². The van der Waals surface area contributed by atoms with Crippen molar-refractivity contribution in [2.75, 3.05) is 7.05 Å². The molecular formula is C16H16ClN3OS. The summed E-state index contributed by atoms with van der Waals surface area (Å²) in [7, 11) is 2.01. The van der Waals surface area contributed by atoms with Gasteiger partial charge in [0.25, 0.3) is 5.56 Å². The van der Waals surface area contributed by atoms with E-state index in [0.29, 0.717) is 6.54 Å². The molecule has 0 atom stereocenters.